The molecule has 0 aromatic carbocycles. The van der Waals surface area contributed by atoms with E-state index in [2.05, 4.69) is 15.6 Å². The van der Waals surface area contributed by atoms with Crippen LogP contribution in [0.4, 0.5) is 0 Å². The van der Waals surface area contributed by atoms with E-state index in [0.29, 0.717) is 19.5 Å². The summed E-state index contributed by atoms with van der Waals surface area (Å²) in [6.07, 6.45) is 1.97. The van der Waals surface area contributed by atoms with Gasteiger partial charge in [-0.25, -0.2) is 0 Å². The Bertz CT molecular complexity index is 442. The van der Waals surface area contributed by atoms with Gasteiger partial charge in [0, 0.05) is 6.54 Å². The van der Waals surface area contributed by atoms with Gasteiger partial charge in [0.2, 0.25) is 5.91 Å². The number of rotatable bonds is 7. The number of hydrogen-bond acceptors (Lipinski definition) is 5. The molecule has 5 N–H and O–H groups in total. The third-order valence-electron chi connectivity index (χ3n) is 2.49. The zero-order valence-electron chi connectivity index (χ0n) is 11.2. The van der Waals surface area contributed by atoms with Crippen molar-refractivity contribution >= 4 is 11.8 Å². The quantitative estimate of drug-likeness (QED) is 0.576. The fraction of sp³-hybridized carbons (Fsp3) is 0.636. The maximum Gasteiger partial charge on any atom is 0.274 e. The average Bonchev–Trinajstić information content (AvgIpc) is 2.76. The molecule has 8 heteroatoms. The molecule has 0 radical (unpaired) electrons. The number of aromatic nitrogens is 3. The first-order valence-electron chi connectivity index (χ1n) is 6.14. The second-order valence-electron chi connectivity index (χ2n) is 4.71. The van der Waals surface area contributed by atoms with E-state index in [1.807, 2.05) is 13.8 Å². The highest BCUT2D eigenvalue weighted by Crippen LogP contribution is 2.05. The largest absolute Gasteiger partial charge is 0.368 e. The molecule has 0 aliphatic carbocycles. The number of nitrogens with one attached hydrogen (secondary N) is 1. The van der Waals surface area contributed by atoms with Gasteiger partial charge < -0.3 is 16.8 Å². The van der Waals surface area contributed by atoms with Gasteiger partial charge in [-0.2, -0.15) is 0 Å². The fourth-order valence-electron chi connectivity index (χ4n) is 1.59. The molecule has 0 unspecified atom stereocenters. The Balaban J connectivity index is 2.67. The van der Waals surface area contributed by atoms with E-state index < -0.39 is 17.9 Å². The number of carbonyl (C=O) groups is 2. The molecule has 106 valence electrons. The number of amides is 2. The van der Waals surface area contributed by atoms with Crippen molar-refractivity contribution < 1.29 is 9.59 Å². The van der Waals surface area contributed by atoms with Crippen LogP contribution >= 0.6 is 0 Å². The molecule has 0 spiro atoms. The first-order valence-corrected chi connectivity index (χ1v) is 6.14. The smallest absolute Gasteiger partial charge is 0.274 e. The minimum Gasteiger partial charge on any atom is -0.368 e. The maximum atomic E-state index is 11.9. The van der Waals surface area contributed by atoms with Crippen molar-refractivity contribution in [3.05, 3.63) is 11.9 Å². The van der Waals surface area contributed by atoms with E-state index in [-0.39, 0.29) is 11.6 Å². The summed E-state index contributed by atoms with van der Waals surface area (Å²) in [6.45, 7) is 4.77. The van der Waals surface area contributed by atoms with Crippen LogP contribution in [-0.2, 0) is 11.3 Å². The van der Waals surface area contributed by atoms with Gasteiger partial charge in [0.25, 0.3) is 5.91 Å². The Hall–Kier alpha value is -1.96. The highest BCUT2D eigenvalue weighted by Gasteiger charge is 2.21. The van der Waals surface area contributed by atoms with Gasteiger partial charge in [0.1, 0.15) is 6.04 Å². The van der Waals surface area contributed by atoms with Gasteiger partial charge in [0.15, 0.2) is 5.69 Å². The second kappa shape index (κ2) is 6.83. The molecule has 1 aromatic heterocycles. The van der Waals surface area contributed by atoms with Crippen LogP contribution in [0.15, 0.2) is 6.20 Å². The van der Waals surface area contributed by atoms with Crippen LogP contribution in [0.5, 0.6) is 0 Å². The average molecular weight is 268 g/mol. The molecule has 19 heavy (non-hydrogen) atoms. The maximum absolute atomic E-state index is 11.9. The summed E-state index contributed by atoms with van der Waals surface area (Å²) in [6, 6.07) is -0.702. The summed E-state index contributed by atoms with van der Waals surface area (Å²) < 4.78 is 1.47. The second-order valence-corrected chi connectivity index (χ2v) is 4.71. The van der Waals surface area contributed by atoms with Crippen molar-refractivity contribution in [1.82, 2.24) is 20.3 Å². The van der Waals surface area contributed by atoms with Crippen molar-refractivity contribution in [3.8, 4) is 0 Å². The summed E-state index contributed by atoms with van der Waals surface area (Å²) in [7, 11) is 0. The molecule has 1 rings (SSSR count). The molecule has 1 atom stereocenters. The highest BCUT2D eigenvalue weighted by atomic mass is 16.2. The summed E-state index contributed by atoms with van der Waals surface area (Å²) in [5, 5.41) is 10.0. The standard InChI is InChI=1S/C11H20N6O2/c1-7(2)5-8(10(13)18)14-11(19)9-6-17(4-3-12)16-15-9/h6-8H,3-5,12H2,1-2H3,(H2,13,18)(H,14,19)/t8-/m0/s1. The summed E-state index contributed by atoms with van der Waals surface area (Å²) in [4.78, 5) is 23.2. The molecular weight excluding hydrogens is 248 g/mol. The van der Waals surface area contributed by atoms with E-state index in [4.69, 9.17) is 11.5 Å². The van der Waals surface area contributed by atoms with Crippen LogP contribution in [0, 0.1) is 5.92 Å². The summed E-state index contributed by atoms with van der Waals surface area (Å²) in [5.74, 6) is -0.783. The lowest BCUT2D eigenvalue weighted by Gasteiger charge is -2.16. The Morgan fingerprint density at radius 2 is 2.16 bits per heavy atom. The number of primary amides is 1. The zero-order valence-corrected chi connectivity index (χ0v) is 11.2. The lowest BCUT2D eigenvalue weighted by atomic mass is 10.0. The topological polar surface area (TPSA) is 129 Å². The van der Waals surface area contributed by atoms with Crippen LogP contribution in [0.2, 0.25) is 0 Å². The molecule has 0 fully saturated rings. The summed E-state index contributed by atoms with van der Waals surface area (Å²) >= 11 is 0. The minimum absolute atomic E-state index is 0.142. The third-order valence-corrected chi connectivity index (χ3v) is 2.49. The van der Waals surface area contributed by atoms with Crippen LogP contribution in [-0.4, -0.2) is 39.4 Å². The van der Waals surface area contributed by atoms with Crippen molar-refractivity contribution in [2.24, 2.45) is 17.4 Å². The number of nitrogens with zero attached hydrogens (tertiary/aromatic N) is 3. The van der Waals surface area contributed by atoms with Gasteiger partial charge in [0.05, 0.1) is 12.7 Å². The van der Waals surface area contributed by atoms with Crippen LogP contribution in [0.1, 0.15) is 30.8 Å². The minimum atomic E-state index is -0.702. The zero-order chi connectivity index (χ0) is 14.4. The number of hydrogen-bond donors (Lipinski definition) is 3. The molecular formula is C11H20N6O2. The molecule has 0 aliphatic rings. The van der Waals surface area contributed by atoms with E-state index >= 15 is 0 Å². The van der Waals surface area contributed by atoms with Crippen LogP contribution in [0.25, 0.3) is 0 Å². The molecule has 8 nitrogen and oxygen atoms in total. The fourth-order valence-corrected chi connectivity index (χ4v) is 1.59. The monoisotopic (exact) mass is 268 g/mol. The number of carbonyl (C=O) groups excluding carboxylic acids is 2. The summed E-state index contributed by atoms with van der Waals surface area (Å²) in [5.41, 5.74) is 10.8. The molecule has 1 aromatic rings. The van der Waals surface area contributed by atoms with Gasteiger partial charge in [-0.3, -0.25) is 14.3 Å². The lowest BCUT2D eigenvalue weighted by molar-refractivity contribution is -0.120. The van der Waals surface area contributed by atoms with Crippen LogP contribution in [0.3, 0.4) is 0 Å². The molecule has 1 heterocycles. The first-order chi connectivity index (χ1) is 8.93. The first kappa shape index (κ1) is 15.1. The Kier molecular flexibility index (Phi) is 5.43. The van der Waals surface area contributed by atoms with Gasteiger partial charge in [-0.05, 0) is 12.3 Å². The van der Waals surface area contributed by atoms with Crippen molar-refractivity contribution in [2.45, 2.75) is 32.9 Å². The van der Waals surface area contributed by atoms with Gasteiger partial charge in [-0.1, -0.05) is 19.1 Å². The van der Waals surface area contributed by atoms with Crippen molar-refractivity contribution in [1.29, 1.82) is 0 Å². The Morgan fingerprint density at radius 3 is 2.68 bits per heavy atom. The van der Waals surface area contributed by atoms with Gasteiger partial charge in [-0.15, -0.1) is 5.10 Å². The Labute approximate surface area is 111 Å². The predicted octanol–water partition coefficient (Wildman–Crippen LogP) is -1.13. The van der Waals surface area contributed by atoms with Gasteiger partial charge >= 0.3 is 0 Å². The van der Waals surface area contributed by atoms with E-state index in [1.165, 1.54) is 10.9 Å². The SMILES string of the molecule is CC(C)C[C@H](NC(=O)c1cn(CCN)nn1)C(N)=O. The normalized spacial score (nSPS) is 12.4. The number of nitrogens with two attached hydrogens (primary N) is 2. The van der Waals surface area contributed by atoms with E-state index in [0.717, 1.165) is 0 Å². The molecule has 0 bridgehead atoms. The third kappa shape index (κ3) is 4.66. The van der Waals surface area contributed by atoms with E-state index in [9.17, 15) is 9.59 Å². The predicted molar refractivity (Wildman–Crippen MR) is 69.0 cm³/mol. The lowest BCUT2D eigenvalue weighted by Crippen LogP contribution is -2.45. The highest BCUT2D eigenvalue weighted by molar-refractivity contribution is 5.95. The van der Waals surface area contributed by atoms with E-state index in [1.54, 1.807) is 0 Å². The molecule has 0 saturated carbocycles. The molecule has 0 aliphatic heterocycles. The molecule has 0 saturated heterocycles. The Morgan fingerprint density at radius 1 is 1.47 bits per heavy atom. The van der Waals surface area contributed by atoms with Crippen molar-refractivity contribution in [2.75, 3.05) is 6.54 Å². The van der Waals surface area contributed by atoms with Crippen LogP contribution < -0.4 is 16.8 Å². The molecule has 2 amide bonds. The van der Waals surface area contributed by atoms with Crippen molar-refractivity contribution in [3.63, 3.8) is 0 Å².